The van der Waals surface area contributed by atoms with Crippen LogP contribution in [-0.4, -0.2) is 18.9 Å². The molecule has 3 aromatic rings. The number of aryl methyl sites for hydroxylation is 1. The molecule has 0 spiro atoms. The Morgan fingerprint density at radius 1 is 0.821 bits per heavy atom. The number of halogens is 1. The molecule has 0 aliphatic carbocycles. The van der Waals surface area contributed by atoms with Gasteiger partial charge in [0.2, 0.25) is 0 Å². The molecule has 0 saturated carbocycles. The fourth-order valence-electron chi connectivity index (χ4n) is 2.71. The van der Waals surface area contributed by atoms with Crippen LogP contribution in [0.15, 0.2) is 66.7 Å². The third-order valence-electron chi connectivity index (χ3n) is 4.18. The van der Waals surface area contributed by atoms with Crippen LogP contribution < -0.4 is 15.4 Å². The third-order valence-corrected chi connectivity index (χ3v) is 4.41. The van der Waals surface area contributed by atoms with E-state index in [2.05, 4.69) is 10.6 Å². The lowest BCUT2D eigenvalue weighted by atomic mass is 10.1. The van der Waals surface area contributed by atoms with Crippen molar-refractivity contribution in [3.8, 4) is 5.75 Å². The molecular formula is C22H19ClN2O3. The van der Waals surface area contributed by atoms with E-state index in [-0.39, 0.29) is 11.8 Å². The second-order valence-electron chi connectivity index (χ2n) is 6.15. The Bertz CT molecular complexity index is 1030. The molecule has 0 heterocycles. The Kier molecular flexibility index (Phi) is 5.96. The summed E-state index contributed by atoms with van der Waals surface area (Å²) in [6.45, 7) is 1.86. The van der Waals surface area contributed by atoms with Crippen LogP contribution in [0.4, 0.5) is 11.4 Å². The number of nitrogens with one attached hydrogen (secondary N) is 2. The molecule has 0 bridgehead atoms. The number of hydrogen-bond acceptors (Lipinski definition) is 3. The van der Waals surface area contributed by atoms with Crippen molar-refractivity contribution >= 4 is 34.8 Å². The van der Waals surface area contributed by atoms with Crippen molar-refractivity contribution in [3.05, 3.63) is 88.4 Å². The predicted molar refractivity (Wildman–Crippen MR) is 112 cm³/mol. The highest BCUT2D eigenvalue weighted by atomic mass is 35.5. The van der Waals surface area contributed by atoms with E-state index in [0.717, 1.165) is 5.56 Å². The number of amides is 2. The summed E-state index contributed by atoms with van der Waals surface area (Å²) in [7, 11) is 1.54. The molecule has 0 aromatic heterocycles. The number of carbonyl (C=O) groups excluding carboxylic acids is 2. The summed E-state index contributed by atoms with van der Waals surface area (Å²) in [4.78, 5) is 25.2. The molecule has 5 nitrogen and oxygen atoms in total. The molecule has 2 N–H and O–H groups in total. The Labute approximate surface area is 168 Å². The minimum atomic E-state index is -0.332. The van der Waals surface area contributed by atoms with E-state index in [1.54, 1.807) is 60.7 Å². The smallest absolute Gasteiger partial charge is 0.255 e. The Morgan fingerprint density at radius 3 is 2.11 bits per heavy atom. The van der Waals surface area contributed by atoms with Crippen molar-refractivity contribution in [1.82, 2.24) is 0 Å². The highest BCUT2D eigenvalue weighted by molar-refractivity contribution is 6.30. The van der Waals surface area contributed by atoms with Crippen molar-refractivity contribution in [1.29, 1.82) is 0 Å². The second kappa shape index (κ2) is 8.59. The first-order chi connectivity index (χ1) is 13.5. The summed E-state index contributed by atoms with van der Waals surface area (Å²) in [5.41, 5.74) is 2.82. The van der Waals surface area contributed by atoms with E-state index in [0.29, 0.717) is 33.3 Å². The van der Waals surface area contributed by atoms with Gasteiger partial charge in [0.1, 0.15) is 5.75 Å². The molecule has 28 heavy (non-hydrogen) atoms. The lowest BCUT2D eigenvalue weighted by molar-refractivity contribution is 0.102. The third kappa shape index (κ3) is 4.50. The highest BCUT2D eigenvalue weighted by Gasteiger charge is 2.13. The maximum atomic E-state index is 12.6. The van der Waals surface area contributed by atoms with Crippen molar-refractivity contribution in [2.45, 2.75) is 6.92 Å². The standard InChI is InChI=1S/C22H19ClN2O3/c1-14-12-17(23)10-11-18(14)24-21(26)15-6-5-7-16(13-15)22(27)25-19-8-3-4-9-20(19)28-2/h3-13H,1-2H3,(H,24,26)(H,25,27). The minimum absolute atomic E-state index is 0.308. The molecule has 0 unspecified atom stereocenters. The molecular weight excluding hydrogens is 376 g/mol. The molecule has 3 rings (SSSR count). The fourth-order valence-corrected chi connectivity index (χ4v) is 2.93. The van der Waals surface area contributed by atoms with E-state index < -0.39 is 0 Å². The average molecular weight is 395 g/mol. The van der Waals surface area contributed by atoms with Gasteiger partial charge >= 0.3 is 0 Å². The van der Waals surface area contributed by atoms with E-state index in [1.165, 1.54) is 7.11 Å². The minimum Gasteiger partial charge on any atom is -0.495 e. The molecule has 0 fully saturated rings. The van der Waals surface area contributed by atoms with Gasteiger partial charge in [-0.1, -0.05) is 29.8 Å². The van der Waals surface area contributed by atoms with Crippen LogP contribution in [0.1, 0.15) is 26.3 Å². The van der Waals surface area contributed by atoms with Crippen LogP contribution in [0.3, 0.4) is 0 Å². The first-order valence-corrected chi connectivity index (χ1v) is 8.97. The van der Waals surface area contributed by atoms with Crippen molar-refractivity contribution in [2.24, 2.45) is 0 Å². The zero-order valence-electron chi connectivity index (χ0n) is 15.5. The molecule has 0 atom stereocenters. The number of carbonyl (C=O) groups is 2. The van der Waals surface area contributed by atoms with E-state index in [1.807, 2.05) is 13.0 Å². The zero-order chi connectivity index (χ0) is 20.1. The predicted octanol–water partition coefficient (Wildman–Crippen LogP) is 5.16. The Balaban J connectivity index is 1.77. The van der Waals surface area contributed by atoms with Gasteiger partial charge in [-0.15, -0.1) is 0 Å². The van der Waals surface area contributed by atoms with Crippen molar-refractivity contribution in [3.63, 3.8) is 0 Å². The van der Waals surface area contributed by atoms with E-state index in [4.69, 9.17) is 16.3 Å². The van der Waals surface area contributed by atoms with Crippen LogP contribution in [0.25, 0.3) is 0 Å². The first kappa shape index (κ1) is 19.5. The fraction of sp³-hybridized carbons (Fsp3) is 0.0909. The quantitative estimate of drug-likeness (QED) is 0.628. The molecule has 0 aliphatic rings. The van der Waals surface area contributed by atoms with Gasteiger partial charge in [0.15, 0.2) is 0 Å². The molecule has 142 valence electrons. The van der Waals surface area contributed by atoms with Crippen LogP contribution >= 0.6 is 11.6 Å². The van der Waals surface area contributed by atoms with Gasteiger partial charge in [0.25, 0.3) is 11.8 Å². The normalized spacial score (nSPS) is 10.2. The number of hydrogen-bond donors (Lipinski definition) is 2. The second-order valence-corrected chi connectivity index (χ2v) is 6.59. The number of para-hydroxylation sites is 2. The summed E-state index contributed by atoms with van der Waals surface area (Å²) >= 11 is 5.95. The number of anilines is 2. The SMILES string of the molecule is COc1ccccc1NC(=O)c1cccc(C(=O)Nc2ccc(Cl)cc2C)c1. The van der Waals surface area contributed by atoms with Crippen LogP contribution in [0.2, 0.25) is 5.02 Å². The summed E-state index contributed by atoms with van der Waals surface area (Å²) in [5.74, 6) is -0.0813. The summed E-state index contributed by atoms with van der Waals surface area (Å²) < 4.78 is 5.24. The molecule has 3 aromatic carbocycles. The number of ether oxygens (including phenoxy) is 1. The summed E-state index contributed by atoms with van der Waals surface area (Å²) in [6, 6.07) is 18.9. The van der Waals surface area contributed by atoms with Gasteiger partial charge in [-0.05, 0) is 61.0 Å². The van der Waals surface area contributed by atoms with E-state index in [9.17, 15) is 9.59 Å². The summed E-state index contributed by atoms with van der Waals surface area (Å²) in [6.07, 6.45) is 0. The maximum absolute atomic E-state index is 12.6. The molecule has 2 amide bonds. The van der Waals surface area contributed by atoms with Crippen molar-refractivity contribution in [2.75, 3.05) is 17.7 Å². The lowest BCUT2D eigenvalue weighted by Gasteiger charge is -2.11. The van der Waals surface area contributed by atoms with E-state index >= 15 is 0 Å². The van der Waals surface area contributed by atoms with Crippen LogP contribution in [0, 0.1) is 6.92 Å². The average Bonchev–Trinajstić information content (AvgIpc) is 2.70. The molecule has 6 heteroatoms. The number of benzene rings is 3. The van der Waals surface area contributed by atoms with Gasteiger partial charge in [0, 0.05) is 21.8 Å². The molecule has 0 aliphatic heterocycles. The molecule has 0 radical (unpaired) electrons. The first-order valence-electron chi connectivity index (χ1n) is 8.60. The monoisotopic (exact) mass is 394 g/mol. The summed E-state index contributed by atoms with van der Waals surface area (Å²) in [5, 5.41) is 6.24. The Hall–Kier alpha value is -3.31. The lowest BCUT2D eigenvalue weighted by Crippen LogP contribution is -2.16. The van der Waals surface area contributed by atoms with Crippen LogP contribution in [-0.2, 0) is 0 Å². The highest BCUT2D eigenvalue weighted by Crippen LogP contribution is 2.24. The van der Waals surface area contributed by atoms with Gasteiger partial charge in [-0.25, -0.2) is 0 Å². The van der Waals surface area contributed by atoms with Crippen LogP contribution in [0.5, 0.6) is 5.75 Å². The van der Waals surface area contributed by atoms with Gasteiger partial charge in [-0.2, -0.15) is 0 Å². The number of methoxy groups -OCH3 is 1. The topological polar surface area (TPSA) is 67.4 Å². The Morgan fingerprint density at radius 2 is 1.46 bits per heavy atom. The van der Waals surface area contributed by atoms with Gasteiger partial charge in [-0.3, -0.25) is 9.59 Å². The molecule has 0 saturated heterocycles. The number of rotatable bonds is 5. The van der Waals surface area contributed by atoms with Crippen molar-refractivity contribution < 1.29 is 14.3 Å². The zero-order valence-corrected chi connectivity index (χ0v) is 16.2. The van der Waals surface area contributed by atoms with Gasteiger partial charge < -0.3 is 15.4 Å². The maximum Gasteiger partial charge on any atom is 0.255 e. The largest absolute Gasteiger partial charge is 0.495 e. The van der Waals surface area contributed by atoms with Gasteiger partial charge in [0.05, 0.1) is 12.8 Å².